The number of morpholine rings is 1. The zero-order chi connectivity index (χ0) is 20.0. The van der Waals surface area contributed by atoms with Gasteiger partial charge in [0.1, 0.15) is 5.69 Å². The number of carbonyl (C=O) groups is 2. The number of rotatable bonds is 12. The van der Waals surface area contributed by atoms with Crippen molar-refractivity contribution in [1.29, 1.82) is 0 Å². The van der Waals surface area contributed by atoms with Crippen molar-refractivity contribution in [3.05, 3.63) is 24.3 Å². The van der Waals surface area contributed by atoms with E-state index in [9.17, 15) is 9.59 Å². The summed E-state index contributed by atoms with van der Waals surface area (Å²) in [5.41, 5.74) is 0.310. The molecule has 1 saturated heterocycles. The fourth-order valence-corrected chi connectivity index (χ4v) is 3.08. The van der Waals surface area contributed by atoms with Crippen molar-refractivity contribution in [2.24, 2.45) is 0 Å². The van der Waals surface area contributed by atoms with Gasteiger partial charge in [0, 0.05) is 58.1 Å². The molecule has 156 valence electrons. The lowest BCUT2D eigenvalue weighted by molar-refractivity contribution is -0.121. The second-order valence-electron chi connectivity index (χ2n) is 7.00. The molecule has 1 aromatic heterocycles. The number of hydrogen-bond donors (Lipinski definition) is 1. The van der Waals surface area contributed by atoms with Crippen molar-refractivity contribution in [3.8, 4) is 0 Å². The molecule has 1 N–H and O–H groups in total. The Balaban J connectivity index is 1.82. The van der Waals surface area contributed by atoms with Crippen molar-refractivity contribution < 1.29 is 14.3 Å². The van der Waals surface area contributed by atoms with Crippen LogP contribution in [0, 0.1) is 0 Å². The van der Waals surface area contributed by atoms with E-state index in [1.807, 2.05) is 0 Å². The Morgan fingerprint density at radius 1 is 1.18 bits per heavy atom. The number of carbonyl (C=O) groups excluding carboxylic acids is 2. The van der Waals surface area contributed by atoms with Crippen LogP contribution in [0.3, 0.4) is 0 Å². The Bertz CT molecular complexity index is 578. The number of hydrogen-bond acceptors (Lipinski definition) is 6. The van der Waals surface area contributed by atoms with Gasteiger partial charge in [0.15, 0.2) is 0 Å². The minimum Gasteiger partial charge on any atom is -0.379 e. The smallest absolute Gasteiger partial charge is 0.274 e. The van der Waals surface area contributed by atoms with E-state index < -0.39 is 0 Å². The summed E-state index contributed by atoms with van der Waals surface area (Å²) in [6.45, 7) is 7.73. The minimum absolute atomic E-state index is 0.0141. The van der Waals surface area contributed by atoms with Crippen LogP contribution in [0.2, 0.25) is 0 Å². The summed E-state index contributed by atoms with van der Waals surface area (Å²) >= 11 is 0. The molecule has 0 spiro atoms. The Morgan fingerprint density at radius 3 is 2.71 bits per heavy atom. The van der Waals surface area contributed by atoms with Crippen LogP contribution in [0.5, 0.6) is 0 Å². The molecule has 1 aromatic rings. The van der Waals surface area contributed by atoms with Gasteiger partial charge in [-0.1, -0.05) is 26.2 Å². The Labute approximate surface area is 167 Å². The van der Waals surface area contributed by atoms with Gasteiger partial charge in [0.2, 0.25) is 5.91 Å². The minimum atomic E-state index is -0.183. The Hall–Kier alpha value is -2.06. The average molecular weight is 392 g/mol. The van der Waals surface area contributed by atoms with Gasteiger partial charge in [-0.2, -0.15) is 0 Å². The lowest BCUT2D eigenvalue weighted by Crippen LogP contribution is -2.44. The summed E-state index contributed by atoms with van der Waals surface area (Å²) in [6.07, 6.45) is 9.32. The van der Waals surface area contributed by atoms with Crippen LogP contribution in [0.15, 0.2) is 18.6 Å². The van der Waals surface area contributed by atoms with Crippen molar-refractivity contribution in [2.75, 3.05) is 52.5 Å². The van der Waals surface area contributed by atoms with Gasteiger partial charge in [-0.05, 0) is 6.42 Å². The fourth-order valence-electron chi connectivity index (χ4n) is 3.08. The zero-order valence-corrected chi connectivity index (χ0v) is 16.9. The first kappa shape index (κ1) is 22.2. The van der Waals surface area contributed by atoms with Crippen LogP contribution in [0.4, 0.5) is 0 Å². The molecule has 2 heterocycles. The highest BCUT2D eigenvalue weighted by Gasteiger charge is 2.20. The van der Waals surface area contributed by atoms with Gasteiger partial charge in [-0.3, -0.25) is 19.5 Å². The van der Waals surface area contributed by atoms with Crippen LogP contribution >= 0.6 is 0 Å². The van der Waals surface area contributed by atoms with Gasteiger partial charge >= 0.3 is 0 Å². The predicted octanol–water partition coefficient (Wildman–Crippen LogP) is 1.34. The van der Waals surface area contributed by atoms with E-state index in [1.165, 1.54) is 25.2 Å². The standard InChI is InChI=1S/C20H33N5O3/c1-2-3-4-5-7-23-19(26)6-10-25(12-11-24-13-15-28-16-14-24)20(27)18-17-21-8-9-22-18/h8-9,17H,2-7,10-16H2,1H3,(H,23,26). The molecule has 1 aliphatic heterocycles. The van der Waals surface area contributed by atoms with Crippen LogP contribution in [0.1, 0.15) is 49.5 Å². The van der Waals surface area contributed by atoms with Crippen LogP contribution in [0.25, 0.3) is 0 Å². The normalized spacial score (nSPS) is 14.6. The van der Waals surface area contributed by atoms with Gasteiger partial charge in [0.25, 0.3) is 5.91 Å². The summed E-state index contributed by atoms with van der Waals surface area (Å²) in [5.74, 6) is -0.197. The third kappa shape index (κ3) is 8.31. The third-order valence-electron chi connectivity index (χ3n) is 4.82. The molecule has 2 amide bonds. The Kier molecular flexibility index (Phi) is 10.5. The quantitative estimate of drug-likeness (QED) is 0.541. The highest BCUT2D eigenvalue weighted by Crippen LogP contribution is 2.04. The first-order chi connectivity index (χ1) is 13.7. The molecule has 1 fully saturated rings. The molecule has 8 heteroatoms. The number of nitrogens with one attached hydrogen (secondary N) is 1. The third-order valence-corrected chi connectivity index (χ3v) is 4.82. The van der Waals surface area contributed by atoms with E-state index in [2.05, 4.69) is 27.1 Å². The van der Waals surface area contributed by atoms with Crippen molar-refractivity contribution in [2.45, 2.75) is 39.0 Å². The lowest BCUT2D eigenvalue weighted by atomic mass is 10.2. The van der Waals surface area contributed by atoms with Crippen LogP contribution < -0.4 is 5.32 Å². The highest BCUT2D eigenvalue weighted by atomic mass is 16.5. The molecule has 0 atom stereocenters. The number of aromatic nitrogens is 2. The molecular formula is C20H33N5O3. The highest BCUT2D eigenvalue weighted by molar-refractivity contribution is 5.92. The number of ether oxygens (including phenoxy) is 1. The van der Waals surface area contributed by atoms with Crippen LogP contribution in [-0.2, 0) is 9.53 Å². The maximum Gasteiger partial charge on any atom is 0.274 e. The first-order valence-corrected chi connectivity index (χ1v) is 10.3. The molecule has 0 saturated carbocycles. The molecule has 0 radical (unpaired) electrons. The number of amides is 2. The van der Waals surface area contributed by atoms with Crippen molar-refractivity contribution >= 4 is 11.8 Å². The van der Waals surface area contributed by atoms with Crippen molar-refractivity contribution in [3.63, 3.8) is 0 Å². The summed E-state index contributed by atoms with van der Waals surface area (Å²) in [7, 11) is 0. The summed E-state index contributed by atoms with van der Waals surface area (Å²) < 4.78 is 5.37. The SMILES string of the molecule is CCCCCCNC(=O)CCN(CCN1CCOCC1)C(=O)c1cnccn1. The van der Waals surface area contributed by atoms with E-state index in [-0.39, 0.29) is 11.8 Å². The largest absolute Gasteiger partial charge is 0.379 e. The predicted molar refractivity (Wildman–Crippen MR) is 107 cm³/mol. The van der Waals surface area contributed by atoms with E-state index in [4.69, 9.17) is 4.74 Å². The molecule has 0 aliphatic carbocycles. The van der Waals surface area contributed by atoms with Gasteiger partial charge in [0.05, 0.1) is 19.4 Å². The number of nitrogens with zero attached hydrogens (tertiary/aromatic N) is 4. The molecule has 0 unspecified atom stereocenters. The lowest BCUT2D eigenvalue weighted by Gasteiger charge is -2.30. The second kappa shape index (κ2) is 13.2. The topological polar surface area (TPSA) is 87.7 Å². The molecule has 8 nitrogen and oxygen atoms in total. The fraction of sp³-hybridized carbons (Fsp3) is 0.700. The molecule has 1 aliphatic rings. The summed E-state index contributed by atoms with van der Waals surface area (Å²) in [4.78, 5) is 37.0. The zero-order valence-electron chi connectivity index (χ0n) is 16.9. The summed E-state index contributed by atoms with van der Waals surface area (Å²) in [6, 6.07) is 0. The van der Waals surface area contributed by atoms with Gasteiger partial charge in [-0.25, -0.2) is 4.98 Å². The molecular weight excluding hydrogens is 358 g/mol. The molecule has 0 bridgehead atoms. The second-order valence-corrected chi connectivity index (χ2v) is 7.00. The summed E-state index contributed by atoms with van der Waals surface area (Å²) in [5, 5.41) is 2.95. The van der Waals surface area contributed by atoms with Gasteiger partial charge < -0.3 is 15.0 Å². The van der Waals surface area contributed by atoms with Crippen molar-refractivity contribution in [1.82, 2.24) is 25.1 Å². The number of unbranched alkanes of at least 4 members (excludes halogenated alkanes) is 3. The maximum absolute atomic E-state index is 12.8. The molecule has 2 rings (SSSR count). The molecule has 28 heavy (non-hydrogen) atoms. The first-order valence-electron chi connectivity index (χ1n) is 10.3. The monoisotopic (exact) mass is 391 g/mol. The van der Waals surface area contributed by atoms with E-state index in [1.54, 1.807) is 11.1 Å². The maximum atomic E-state index is 12.8. The van der Waals surface area contributed by atoms with Gasteiger partial charge in [-0.15, -0.1) is 0 Å². The van der Waals surface area contributed by atoms with E-state index in [0.717, 1.165) is 45.7 Å². The molecule has 0 aromatic carbocycles. The average Bonchev–Trinajstić information content (AvgIpc) is 2.74. The van der Waals surface area contributed by atoms with Crippen LogP contribution in [-0.4, -0.2) is 84.1 Å². The van der Waals surface area contributed by atoms with E-state index >= 15 is 0 Å². The van der Waals surface area contributed by atoms with E-state index in [0.29, 0.717) is 31.7 Å². The Morgan fingerprint density at radius 2 is 2.00 bits per heavy atom.